The molecule has 4 rings (SSSR count). The number of amides is 1. The molecule has 2 aliphatic rings. The standard InChI is InChI=1S/C20H20N4O5/c1-22(10-15-12-28-16-4-2-3-5-17(16)29-15)18(25)11-24-19(26)13(8-21)9-23(20(24)27)14-6-7-14/h2-5,9,14-15H,6-7,10-12H2,1H3/t15-/m0/s1. The second-order valence-corrected chi connectivity index (χ2v) is 7.24. The van der Waals surface area contributed by atoms with Crippen LogP contribution < -0.4 is 20.7 Å². The molecule has 1 aliphatic carbocycles. The number of para-hydroxylation sites is 2. The lowest BCUT2D eigenvalue weighted by atomic mass is 10.2. The Bertz CT molecular complexity index is 1110. The van der Waals surface area contributed by atoms with Gasteiger partial charge in [-0.3, -0.25) is 14.2 Å². The molecule has 0 bridgehead atoms. The number of hydrogen-bond donors (Lipinski definition) is 0. The molecular weight excluding hydrogens is 376 g/mol. The summed E-state index contributed by atoms with van der Waals surface area (Å²) in [5, 5.41) is 9.20. The first kappa shape index (κ1) is 18.8. The first-order valence-corrected chi connectivity index (χ1v) is 9.36. The minimum absolute atomic E-state index is 0.0119. The Kier molecular flexibility index (Phi) is 4.84. The summed E-state index contributed by atoms with van der Waals surface area (Å²) < 4.78 is 13.7. The van der Waals surface area contributed by atoms with Crippen molar-refractivity contribution in [2.75, 3.05) is 20.2 Å². The van der Waals surface area contributed by atoms with Crippen molar-refractivity contribution in [3.63, 3.8) is 0 Å². The van der Waals surface area contributed by atoms with Gasteiger partial charge in [-0.1, -0.05) is 12.1 Å². The average molecular weight is 396 g/mol. The van der Waals surface area contributed by atoms with Crippen molar-refractivity contribution in [1.82, 2.24) is 14.0 Å². The monoisotopic (exact) mass is 396 g/mol. The number of hydrogen-bond acceptors (Lipinski definition) is 6. The van der Waals surface area contributed by atoms with E-state index in [4.69, 9.17) is 9.47 Å². The number of rotatable bonds is 5. The quantitative estimate of drug-likeness (QED) is 0.729. The first-order valence-electron chi connectivity index (χ1n) is 9.36. The maximum Gasteiger partial charge on any atom is 0.331 e. The lowest BCUT2D eigenvalue weighted by molar-refractivity contribution is -0.132. The molecule has 0 N–H and O–H groups in total. The second-order valence-electron chi connectivity index (χ2n) is 7.24. The Morgan fingerprint density at radius 3 is 2.69 bits per heavy atom. The van der Waals surface area contributed by atoms with E-state index in [1.807, 2.05) is 18.2 Å². The molecule has 29 heavy (non-hydrogen) atoms. The summed E-state index contributed by atoms with van der Waals surface area (Å²) in [6, 6.07) is 9.07. The highest BCUT2D eigenvalue weighted by Gasteiger charge is 2.28. The molecule has 0 saturated heterocycles. The fourth-order valence-corrected chi connectivity index (χ4v) is 3.27. The number of fused-ring (bicyclic) bond motifs is 1. The van der Waals surface area contributed by atoms with E-state index in [9.17, 15) is 19.6 Å². The van der Waals surface area contributed by atoms with Crippen molar-refractivity contribution in [3.8, 4) is 17.6 Å². The van der Waals surface area contributed by atoms with Gasteiger partial charge in [0.25, 0.3) is 5.56 Å². The summed E-state index contributed by atoms with van der Waals surface area (Å²) in [7, 11) is 1.57. The zero-order valence-electron chi connectivity index (χ0n) is 15.9. The molecule has 1 aromatic carbocycles. The zero-order chi connectivity index (χ0) is 20.5. The van der Waals surface area contributed by atoms with Crippen molar-refractivity contribution < 1.29 is 14.3 Å². The highest BCUT2D eigenvalue weighted by Crippen LogP contribution is 2.33. The number of aromatic nitrogens is 2. The molecule has 0 radical (unpaired) electrons. The predicted octanol–water partition coefficient (Wildman–Crippen LogP) is 0.515. The molecule has 0 unspecified atom stereocenters. The van der Waals surface area contributed by atoms with Crippen LogP contribution in [0.25, 0.3) is 0 Å². The maximum absolute atomic E-state index is 12.7. The van der Waals surface area contributed by atoms with Gasteiger partial charge < -0.3 is 14.4 Å². The zero-order valence-corrected chi connectivity index (χ0v) is 15.9. The van der Waals surface area contributed by atoms with E-state index >= 15 is 0 Å². The number of carbonyl (C=O) groups excluding carboxylic acids is 1. The van der Waals surface area contributed by atoms with E-state index in [0.717, 1.165) is 17.4 Å². The number of ether oxygens (including phenoxy) is 2. The average Bonchev–Trinajstić information content (AvgIpc) is 3.56. The van der Waals surface area contributed by atoms with Crippen molar-refractivity contribution in [3.05, 3.63) is 56.9 Å². The van der Waals surface area contributed by atoms with E-state index in [1.54, 1.807) is 19.2 Å². The maximum atomic E-state index is 12.7. The third-order valence-corrected chi connectivity index (χ3v) is 5.02. The third-order valence-electron chi connectivity index (χ3n) is 5.02. The van der Waals surface area contributed by atoms with E-state index in [1.165, 1.54) is 15.7 Å². The Labute approximate surface area is 166 Å². The molecule has 1 saturated carbocycles. The van der Waals surface area contributed by atoms with Crippen LogP contribution in [0.5, 0.6) is 11.5 Å². The molecule has 0 spiro atoms. The fourth-order valence-electron chi connectivity index (χ4n) is 3.27. The molecule has 2 aromatic rings. The number of nitrogens with zero attached hydrogens (tertiary/aromatic N) is 4. The van der Waals surface area contributed by atoms with Crippen LogP contribution in [0.15, 0.2) is 40.1 Å². The van der Waals surface area contributed by atoms with Crippen LogP contribution in [0, 0.1) is 11.3 Å². The Morgan fingerprint density at radius 1 is 1.28 bits per heavy atom. The summed E-state index contributed by atoms with van der Waals surface area (Å²) in [6.07, 6.45) is 2.55. The van der Waals surface area contributed by atoms with Crippen molar-refractivity contribution in [2.45, 2.75) is 31.5 Å². The molecule has 1 amide bonds. The minimum Gasteiger partial charge on any atom is -0.486 e. The number of benzene rings is 1. The molecule has 1 aromatic heterocycles. The van der Waals surface area contributed by atoms with E-state index in [2.05, 4.69) is 0 Å². The molecule has 1 atom stereocenters. The van der Waals surface area contributed by atoms with Crippen molar-refractivity contribution in [2.24, 2.45) is 0 Å². The number of nitriles is 1. The summed E-state index contributed by atoms with van der Waals surface area (Å²) in [5.74, 6) is 0.831. The second kappa shape index (κ2) is 7.47. The molecule has 2 heterocycles. The highest BCUT2D eigenvalue weighted by atomic mass is 16.6. The van der Waals surface area contributed by atoms with Crippen molar-refractivity contribution >= 4 is 5.91 Å². The Balaban J connectivity index is 1.48. The van der Waals surface area contributed by atoms with Gasteiger partial charge in [0, 0.05) is 19.3 Å². The van der Waals surface area contributed by atoms with Gasteiger partial charge >= 0.3 is 5.69 Å². The van der Waals surface area contributed by atoms with E-state index in [-0.39, 0.29) is 30.9 Å². The smallest absolute Gasteiger partial charge is 0.331 e. The lowest BCUT2D eigenvalue weighted by Crippen LogP contribution is -2.47. The van der Waals surface area contributed by atoms with E-state index < -0.39 is 23.7 Å². The van der Waals surface area contributed by atoms with Crippen LogP contribution >= 0.6 is 0 Å². The minimum atomic E-state index is -0.748. The largest absolute Gasteiger partial charge is 0.486 e. The Morgan fingerprint density at radius 2 is 2.00 bits per heavy atom. The number of carbonyl (C=O) groups is 1. The van der Waals surface area contributed by atoms with Gasteiger partial charge in [-0.2, -0.15) is 5.26 Å². The molecule has 9 nitrogen and oxygen atoms in total. The van der Waals surface area contributed by atoms with Gasteiger partial charge in [-0.05, 0) is 25.0 Å². The van der Waals surface area contributed by atoms with Crippen LogP contribution in [-0.4, -0.2) is 46.2 Å². The van der Waals surface area contributed by atoms with Gasteiger partial charge in [-0.25, -0.2) is 9.36 Å². The number of likely N-dealkylation sites (N-methyl/N-ethyl adjacent to an activating group) is 1. The molecule has 1 aliphatic heterocycles. The predicted molar refractivity (Wildman–Crippen MR) is 102 cm³/mol. The van der Waals surface area contributed by atoms with Crippen molar-refractivity contribution in [1.29, 1.82) is 5.26 Å². The summed E-state index contributed by atoms with van der Waals surface area (Å²) in [4.78, 5) is 39.1. The molecular formula is C20H20N4O5. The topological polar surface area (TPSA) is 107 Å². The molecule has 9 heteroatoms. The van der Waals surface area contributed by atoms with Gasteiger partial charge in [0.05, 0.1) is 6.54 Å². The summed E-state index contributed by atoms with van der Waals surface area (Å²) >= 11 is 0. The van der Waals surface area contributed by atoms with E-state index in [0.29, 0.717) is 11.5 Å². The fraction of sp³-hybridized carbons (Fsp3) is 0.400. The van der Waals surface area contributed by atoms with Crippen LogP contribution in [0.1, 0.15) is 24.4 Å². The third kappa shape index (κ3) is 3.74. The molecule has 150 valence electrons. The van der Waals surface area contributed by atoms with Gasteiger partial charge in [0.2, 0.25) is 5.91 Å². The summed E-state index contributed by atoms with van der Waals surface area (Å²) in [6.45, 7) is 0.0875. The summed E-state index contributed by atoms with van der Waals surface area (Å²) in [5.41, 5.74) is -1.46. The van der Waals surface area contributed by atoms with Gasteiger partial charge in [-0.15, -0.1) is 0 Å². The van der Waals surface area contributed by atoms with Crippen LogP contribution in [0.3, 0.4) is 0 Å². The lowest BCUT2D eigenvalue weighted by Gasteiger charge is -2.29. The first-order chi connectivity index (χ1) is 14.0. The van der Waals surface area contributed by atoms with Gasteiger partial charge in [0.15, 0.2) is 17.6 Å². The molecule has 1 fully saturated rings. The van der Waals surface area contributed by atoms with Crippen LogP contribution in [0.2, 0.25) is 0 Å². The Hall–Kier alpha value is -3.54. The van der Waals surface area contributed by atoms with Crippen LogP contribution in [0.4, 0.5) is 0 Å². The van der Waals surface area contributed by atoms with Crippen LogP contribution in [-0.2, 0) is 11.3 Å². The highest BCUT2D eigenvalue weighted by molar-refractivity contribution is 5.75. The normalized spacial score (nSPS) is 17.4. The van der Waals surface area contributed by atoms with Gasteiger partial charge in [0.1, 0.15) is 24.8 Å². The SMILES string of the molecule is CN(C[C@H]1COc2ccccc2O1)C(=O)Cn1c(=O)c(C#N)cn(C2CC2)c1=O.